The van der Waals surface area contributed by atoms with Gasteiger partial charge >= 0.3 is 0 Å². The Morgan fingerprint density at radius 3 is 2.25 bits per heavy atom. The topological polar surface area (TPSA) is 54.1 Å². The Bertz CT molecular complexity index is 362. The molecule has 2 aliphatic heterocycles. The molecule has 0 aromatic rings. The number of nitrogens with zero attached hydrogens (tertiary/aromatic N) is 3. The average Bonchev–Trinajstić information content (AvgIpc) is 2.59. The van der Waals surface area contributed by atoms with Gasteiger partial charge in [-0.15, -0.1) is 24.0 Å². The Morgan fingerprint density at radius 2 is 1.71 bits per heavy atom. The number of hydrogen-bond acceptors (Lipinski definition) is 3. The van der Waals surface area contributed by atoms with E-state index >= 15 is 0 Å². The summed E-state index contributed by atoms with van der Waals surface area (Å²) in [6.07, 6.45) is 4.87. The molecule has 1 atom stereocenters. The number of piperidine rings is 1. The predicted molar refractivity (Wildman–Crippen MR) is 112 cm³/mol. The van der Waals surface area contributed by atoms with Crippen LogP contribution in [0.3, 0.4) is 0 Å². The van der Waals surface area contributed by atoms with Crippen LogP contribution in [-0.2, 0) is 4.74 Å². The lowest BCUT2D eigenvalue weighted by Crippen LogP contribution is -2.49. The van der Waals surface area contributed by atoms with Crippen LogP contribution < -0.4 is 5.73 Å². The summed E-state index contributed by atoms with van der Waals surface area (Å²) in [5, 5.41) is 0. The van der Waals surface area contributed by atoms with Crippen molar-refractivity contribution >= 4 is 29.9 Å². The molecule has 5 nitrogen and oxygen atoms in total. The van der Waals surface area contributed by atoms with Gasteiger partial charge in [0.1, 0.15) is 0 Å². The molecule has 24 heavy (non-hydrogen) atoms. The molecule has 142 valence electrons. The normalized spacial score (nSPS) is 22.5. The molecule has 0 spiro atoms. The lowest BCUT2D eigenvalue weighted by atomic mass is 9.92. The number of aliphatic imine (C=N–C) groups is 1. The SMILES string of the molecule is CCC(CC)C(CN=C(N)N1CCC(C)CC1)N1CCOCC1.I. The number of hydrogen-bond donors (Lipinski definition) is 1. The Labute approximate surface area is 165 Å². The second kappa shape index (κ2) is 11.5. The molecule has 2 fully saturated rings. The quantitative estimate of drug-likeness (QED) is 0.383. The summed E-state index contributed by atoms with van der Waals surface area (Å²) in [6.45, 7) is 13.6. The molecule has 1 unspecified atom stereocenters. The van der Waals surface area contributed by atoms with Crippen molar-refractivity contribution in [1.82, 2.24) is 9.80 Å². The van der Waals surface area contributed by atoms with Gasteiger partial charge in [0.05, 0.1) is 19.8 Å². The van der Waals surface area contributed by atoms with Crippen molar-refractivity contribution in [1.29, 1.82) is 0 Å². The van der Waals surface area contributed by atoms with Crippen molar-refractivity contribution in [2.45, 2.75) is 52.5 Å². The van der Waals surface area contributed by atoms with Crippen LogP contribution in [0.1, 0.15) is 46.5 Å². The second-order valence-corrected chi connectivity index (χ2v) is 7.16. The average molecular weight is 452 g/mol. The molecule has 2 N–H and O–H groups in total. The van der Waals surface area contributed by atoms with Gasteiger partial charge in [-0.2, -0.15) is 0 Å². The van der Waals surface area contributed by atoms with Crippen LogP contribution in [0.2, 0.25) is 0 Å². The first-order valence-corrected chi connectivity index (χ1v) is 9.52. The maximum absolute atomic E-state index is 6.29. The van der Waals surface area contributed by atoms with Gasteiger partial charge in [-0.05, 0) is 24.7 Å². The first kappa shape index (κ1) is 22.0. The maximum atomic E-state index is 6.29. The fourth-order valence-electron chi connectivity index (χ4n) is 3.83. The molecule has 0 aromatic heterocycles. The fourth-order valence-corrected chi connectivity index (χ4v) is 3.83. The minimum absolute atomic E-state index is 0. The molecule has 6 heteroatoms. The van der Waals surface area contributed by atoms with Crippen molar-refractivity contribution in [3.63, 3.8) is 0 Å². The maximum Gasteiger partial charge on any atom is 0.191 e. The van der Waals surface area contributed by atoms with Crippen LogP contribution in [0.25, 0.3) is 0 Å². The first-order chi connectivity index (χ1) is 11.2. The zero-order valence-electron chi connectivity index (χ0n) is 15.7. The number of ether oxygens (including phenoxy) is 1. The third-order valence-corrected chi connectivity index (χ3v) is 5.66. The molecule has 0 amide bonds. The molecule has 2 rings (SSSR count). The minimum Gasteiger partial charge on any atom is -0.379 e. The summed E-state index contributed by atoms with van der Waals surface area (Å²) in [5.41, 5.74) is 6.29. The number of likely N-dealkylation sites (tertiary alicyclic amines) is 1. The number of rotatable bonds is 6. The number of nitrogens with two attached hydrogens (primary N) is 1. The van der Waals surface area contributed by atoms with Crippen molar-refractivity contribution in [3.05, 3.63) is 0 Å². The van der Waals surface area contributed by atoms with Crippen molar-refractivity contribution in [2.24, 2.45) is 22.6 Å². The molecular weight excluding hydrogens is 415 g/mol. The lowest BCUT2D eigenvalue weighted by Gasteiger charge is -2.38. The van der Waals surface area contributed by atoms with E-state index in [2.05, 4.69) is 30.6 Å². The van der Waals surface area contributed by atoms with E-state index in [-0.39, 0.29) is 24.0 Å². The third-order valence-electron chi connectivity index (χ3n) is 5.66. The molecule has 0 radical (unpaired) electrons. The number of halogens is 1. The molecule has 0 saturated carbocycles. The highest BCUT2D eigenvalue weighted by Crippen LogP contribution is 2.21. The van der Waals surface area contributed by atoms with E-state index in [1.807, 2.05) is 0 Å². The van der Waals surface area contributed by atoms with E-state index < -0.39 is 0 Å². The monoisotopic (exact) mass is 452 g/mol. The van der Waals surface area contributed by atoms with Crippen LogP contribution in [0.5, 0.6) is 0 Å². The van der Waals surface area contributed by atoms with Gasteiger partial charge in [-0.1, -0.05) is 33.6 Å². The standard InChI is InChI=1S/C18H36N4O.HI/c1-4-16(5-2)17(21-10-12-23-13-11-21)14-20-18(19)22-8-6-15(3)7-9-22;/h15-17H,4-14H2,1-3H3,(H2,19,20);1H. The minimum atomic E-state index is 0. The first-order valence-electron chi connectivity index (χ1n) is 9.52. The Hall–Kier alpha value is -0.0800. The van der Waals surface area contributed by atoms with Crippen molar-refractivity contribution in [2.75, 3.05) is 45.9 Å². The highest BCUT2D eigenvalue weighted by Gasteiger charge is 2.27. The summed E-state index contributed by atoms with van der Waals surface area (Å²) in [5.74, 6) is 2.26. The molecule has 2 heterocycles. The summed E-state index contributed by atoms with van der Waals surface area (Å²) >= 11 is 0. The van der Waals surface area contributed by atoms with Crippen LogP contribution in [0.15, 0.2) is 4.99 Å². The van der Waals surface area contributed by atoms with Gasteiger partial charge in [0, 0.05) is 32.2 Å². The largest absolute Gasteiger partial charge is 0.379 e. The lowest BCUT2D eigenvalue weighted by molar-refractivity contribution is 0.00391. The van der Waals surface area contributed by atoms with Gasteiger partial charge < -0.3 is 15.4 Å². The molecule has 0 bridgehead atoms. The summed E-state index contributed by atoms with van der Waals surface area (Å²) in [4.78, 5) is 9.64. The Balaban J connectivity index is 0.00000288. The Kier molecular flexibility index (Phi) is 10.5. The second-order valence-electron chi connectivity index (χ2n) is 7.16. The zero-order chi connectivity index (χ0) is 16.7. The summed E-state index contributed by atoms with van der Waals surface area (Å²) < 4.78 is 5.52. The van der Waals surface area contributed by atoms with Gasteiger partial charge in [0.25, 0.3) is 0 Å². The fraction of sp³-hybridized carbons (Fsp3) is 0.944. The highest BCUT2D eigenvalue weighted by atomic mass is 127. The third kappa shape index (κ3) is 6.33. The van der Waals surface area contributed by atoms with Crippen LogP contribution >= 0.6 is 24.0 Å². The Morgan fingerprint density at radius 1 is 1.12 bits per heavy atom. The molecular formula is C18H37IN4O. The van der Waals surface area contributed by atoms with E-state index in [0.29, 0.717) is 12.0 Å². The van der Waals surface area contributed by atoms with Gasteiger partial charge in [0.2, 0.25) is 0 Å². The predicted octanol–water partition coefficient (Wildman–Crippen LogP) is 2.79. The molecule has 2 aliphatic rings. The highest BCUT2D eigenvalue weighted by molar-refractivity contribution is 14.0. The van der Waals surface area contributed by atoms with E-state index in [4.69, 9.17) is 15.5 Å². The van der Waals surface area contributed by atoms with E-state index in [1.165, 1.54) is 25.7 Å². The molecule has 0 aromatic carbocycles. The van der Waals surface area contributed by atoms with Crippen molar-refractivity contribution in [3.8, 4) is 0 Å². The van der Waals surface area contributed by atoms with E-state index in [0.717, 1.165) is 57.8 Å². The number of morpholine rings is 1. The van der Waals surface area contributed by atoms with E-state index in [1.54, 1.807) is 0 Å². The zero-order valence-corrected chi connectivity index (χ0v) is 18.1. The van der Waals surface area contributed by atoms with Gasteiger partial charge in [-0.3, -0.25) is 9.89 Å². The van der Waals surface area contributed by atoms with Crippen LogP contribution in [0.4, 0.5) is 0 Å². The summed E-state index contributed by atoms with van der Waals surface area (Å²) in [7, 11) is 0. The van der Waals surface area contributed by atoms with Crippen LogP contribution in [0, 0.1) is 11.8 Å². The van der Waals surface area contributed by atoms with Crippen LogP contribution in [-0.4, -0.2) is 67.7 Å². The molecule has 2 saturated heterocycles. The number of guanidine groups is 1. The van der Waals surface area contributed by atoms with E-state index in [9.17, 15) is 0 Å². The smallest absolute Gasteiger partial charge is 0.191 e. The van der Waals surface area contributed by atoms with Gasteiger partial charge in [-0.25, -0.2) is 0 Å². The molecule has 0 aliphatic carbocycles. The summed E-state index contributed by atoms with van der Waals surface area (Å²) in [6, 6.07) is 0.496. The van der Waals surface area contributed by atoms with Gasteiger partial charge in [0.15, 0.2) is 5.96 Å². The van der Waals surface area contributed by atoms with Crippen molar-refractivity contribution < 1.29 is 4.74 Å².